The Kier molecular flexibility index (Phi) is 5.09. The molecular formula is C18H23NO2. The first kappa shape index (κ1) is 15.2. The summed E-state index contributed by atoms with van der Waals surface area (Å²) in [6.07, 6.45) is 0. The number of hydrogen-bond acceptors (Lipinski definition) is 3. The van der Waals surface area contributed by atoms with Gasteiger partial charge in [-0.1, -0.05) is 29.8 Å². The summed E-state index contributed by atoms with van der Waals surface area (Å²) in [5.74, 6) is 1.52. The molecule has 2 aromatic carbocycles. The predicted molar refractivity (Wildman–Crippen MR) is 87.4 cm³/mol. The third-order valence-electron chi connectivity index (χ3n) is 3.42. The molecule has 3 heteroatoms. The molecule has 0 bridgehead atoms. The van der Waals surface area contributed by atoms with Crippen molar-refractivity contribution in [2.24, 2.45) is 0 Å². The van der Waals surface area contributed by atoms with Crippen molar-refractivity contribution in [1.29, 1.82) is 0 Å². The van der Waals surface area contributed by atoms with Crippen LogP contribution < -0.4 is 14.8 Å². The fourth-order valence-corrected chi connectivity index (χ4v) is 2.22. The molecule has 1 unspecified atom stereocenters. The summed E-state index contributed by atoms with van der Waals surface area (Å²) in [6, 6.07) is 14.7. The van der Waals surface area contributed by atoms with Crippen LogP contribution in [0.2, 0.25) is 0 Å². The minimum atomic E-state index is 0.230. The molecule has 0 spiro atoms. The van der Waals surface area contributed by atoms with Gasteiger partial charge in [0.05, 0.1) is 13.7 Å². The fourth-order valence-electron chi connectivity index (χ4n) is 2.22. The summed E-state index contributed by atoms with van der Waals surface area (Å²) in [5.41, 5.74) is 3.55. The van der Waals surface area contributed by atoms with E-state index in [2.05, 4.69) is 43.4 Å². The van der Waals surface area contributed by atoms with Gasteiger partial charge in [-0.25, -0.2) is 0 Å². The first-order chi connectivity index (χ1) is 10.1. The molecule has 0 saturated heterocycles. The van der Waals surface area contributed by atoms with E-state index in [0.29, 0.717) is 6.61 Å². The average molecular weight is 285 g/mol. The Bertz CT molecular complexity index is 578. The van der Waals surface area contributed by atoms with Gasteiger partial charge in [-0.15, -0.1) is 0 Å². The van der Waals surface area contributed by atoms with Crippen LogP contribution in [0, 0.1) is 6.92 Å². The molecule has 3 nitrogen and oxygen atoms in total. The number of anilines is 1. The molecule has 0 amide bonds. The summed E-state index contributed by atoms with van der Waals surface area (Å²) in [7, 11) is 1.66. The SMILES string of the molecule is CCOc1ccc(NC(C)c2ccc(C)cc2)cc1OC. The highest BCUT2D eigenvalue weighted by atomic mass is 16.5. The second-order valence-corrected chi connectivity index (χ2v) is 5.08. The summed E-state index contributed by atoms with van der Waals surface area (Å²) in [5, 5.41) is 3.49. The van der Waals surface area contributed by atoms with Gasteiger partial charge in [-0.05, 0) is 38.5 Å². The molecule has 0 radical (unpaired) electrons. The standard InChI is InChI=1S/C18H23NO2/c1-5-21-17-11-10-16(12-18(17)20-4)19-14(3)15-8-6-13(2)7-9-15/h6-12,14,19H,5H2,1-4H3. The van der Waals surface area contributed by atoms with Gasteiger partial charge in [0.2, 0.25) is 0 Å². The van der Waals surface area contributed by atoms with Crippen LogP contribution in [0.15, 0.2) is 42.5 Å². The second kappa shape index (κ2) is 7.02. The lowest BCUT2D eigenvalue weighted by Crippen LogP contribution is -2.07. The van der Waals surface area contributed by atoms with E-state index in [4.69, 9.17) is 9.47 Å². The zero-order valence-corrected chi connectivity index (χ0v) is 13.1. The molecule has 2 rings (SSSR count). The van der Waals surface area contributed by atoms with E-state index in [0.717, 1.165) is 17.2 Å². The fraction of sp³-hybridized carbons (Fsp3) is 0.333. The third kappa shape index (κ3) is 3.91. The second-order valence-electron chi connectivity index (χ2n) is 5.08. The molecular weight excluding hydrogens is 262 g/mol. The van der Waals surface area contributed by atoms with Crippen LogP contribution in [0.3, 0.4) is 0 Å². The largest absolute Gasteiger partial charge is 0.493 e. The highest BCUT2D eigenvalue weighted by molar-refractivity contribution is 5.55. The van der Waals surface area contributed by atoms with E-state index >= 15 is 0 Å². The lowest BCUT2D eigenvalue weighted by Gasteiger charge is -2.17. The quantitative estimate of drug-likeness (QED) is 0.843. The van der Waals surface area contributed by atoms with Crippen molar-refractivity contribution in [3.63, 3.8) is 0 Å². The van der Waals surface area contributed by atoms with Crippen molar-refractivity contribution in [3.05, 3.63) is 53.6 Å². The minimum absolute atomic E-state index is 0.230. The van der Waals surface area contributed by atoms with E-state index in [1.165, 1.54) is 11.1 Å². The van der Waals surface area contributed by atoms with E-state index in [1.54, 1.807) is 7.11 Å². The Hall–Kier alpha value is -2.16. The normalized spacial score (nSPS) is 11.8. The van der Waals surface area contributed by atoms with Crippen LogP contribution in [0.4, 0.5) is 5.69 Å². The van der Waals surface area contributed by atoms with Gasteiger partial charge in [-0.2, -0.15) is 0 Å². The van der Waals surface area contributed by atoms with Crippen LogP contribution in [0.5, 0.6) is 11.5 Å². The van der Waals surface area contributed by atoms with Gasteiger partial charge < -0.3 is 14.8 Å². The first-order valence-corrected chi connectivity index (χ1v) is 7.28. The van der Waals surface area contributed by atoms with Crippen molar-refractivity contribution in [2.75, 3.05) is 19.0 Å². The molecule has 0 saturated carbocycles. The molecule has 0 aliphatic rings. The molecule has 21 heavy (non-hydrogen) atoms. The lowest BCUT2D eigenvalue weighted by atomic mass is 10.1. The Morgan fingerprint density at radius 1 is 1.05 bits per heavy atom. The van der Waals surface area contributed by atoms with Gasteiger partial charge >= 0.3 is 0 Å². The van der Waals surface area contributed by atoms with E-state index in [9.17, 15) is 0 Å². The maximum atomic E-state index is 5.53. The molecule has 0 fully saturated rings. The zero-order chi connectivity index (χ0) is 15.2. The highest BCUT2D eigenvalue weighted by Crippen LogP contribution is 2.31. The number of ether oxygens (including phenoxy) is 2. The molecule has 112 valence electrons. The van der Waals surface area contributed by atoms with E-state index in [-0.39, 0.29) is 6.04 Å². The maximum Gasteiger partial charge on any atom is 0.162 e. The first-order valence-electron chi connectivity index (χ1n) is 7.28. The molecule has 0 aromatic heterocycles. The Labute approximate surface area is 126 Å². The number of nitrogens with one attached hydrogen (secondary N) is 1. The molecule has 1 atom stereocenters. The molecule has 0 aliphatic heterocycles. The van der Waals surface area contributed by atoms with Gasteiger partial charge in [0, 0.05) is 17.8 Å². The zero-order valence-electron chi connectivity index (χ0n) is 13.1. The van der Waals surface area contributed by atoms with Crippen molar-refractivity contribution >= 4 is 5.69 Å². The van der Waals surface area contributed by atoms with E-state index < -0.39 is 0 Å². The Morgan fingerprint density at radius 2 is 1.76 bits per heavy atom. The molecule has 1 N–H and O–H groups in total. The monoisotopic (exact) mass is 285 g/mol. The number of rotatable bonds is 6. The van der Waals surface area contributed by atoms with Crippen LogP contribution in [-0.2, 0) is 0 Å². The van der Waals surface area contributed by atoms with Crippen LogP contribution >= 0.6 is 0 Å². The van der Waals surface area contributed by atoms with Crippen LogP contribution in [0.25, 0.3) is 0 Å². The van der Waals surface area contributed by atoms with E-state index in [1.807, 2.05) is 25.1 Å². The van der Waals surface area contributed by atoms with Gasteiger partial charge in [0.25, 0.3) is 0 Å². The topological polar surface area (TPSA) is 30.5 Å². The van der Waals surface area contributed by atoms with Gasteiger partial charge in [0.1, 0.15) is 0 Å². The van der Waals surface area contributed by atoms with Gasteiger partial charge in [-0.3, -0.25) is 0 Å². The maximum absolute atomic E-state index is 5.53. The summed E-state index contributed by atoms with van der Waals surface area (Å²) in [4.78, 5) is 0. The van der Waals surface area contributed by atoms with Crippen molar-refractivity contribution in [2.45, 2.75) is 26.8 Å². The lowest BCUT2D eigenvalue weighted by molar-refractivity contribution is 0.311. The average Bonchev–Trinajstić information content (AvgIpc) is 2.49. The molecule has 0 heterocycles. The Balaban J connectivity index is 2.13. The van der Waals surface area contributed by atoms with Crippen molar-refractivity contribution < 1.29 is 9.47 Å². The molecule has 0 aliphatic carbocycles. The van der Waals surface area contributed by atoms with Crippen LogP contribution in [-0.4, -0.2) is 13.7 Å². The number of benzene rings is 2. The summed E-state index contributed by atoms with van der Waals surface area (Å²) in [6.45, 7) is 6.83. The predicted octanol–water partition coefficient (Wildman–Crippen LogP) is 4.58. The summed E-state index contributed by atoms with van der Waals surface area (Å²) < 4.78 is 10.9. The van der Waals surface area contributed by atoms with Gasteiger partial charge in [0.15, 0.2) is 11.5 Å². The third-order valence-corrected chi connectivity index (χ3v) is 3.42. The Morgan fingerprint density at radius 3 is 2.38 bits per heavy atom. The van der Waals surface area contributed by atoms with Crippen LogP contribution in [0.1, 0.15) is 31.0 Å². The molecule has 2 aromatic rings. The number of hydrogen-bond donors (Lipinski definition) is 1. The van der Waals surface area contributed by atoms with Crippen molar-refractivity contribution in [1.82, 2.24) is 0 Å². The smallest absolute Gasteiger partial charge is 0.162 e. The number of methoxy groups -OCH3 is 1. The summed E-state index contributed by atoms with van der Waals surface area (Å²) >= 11 is 0. The highest BCUT2D eigenvalue weighted by Gasteiger charge is 2.08. The van der Waals surface area contributed by atoms with Crippen molar-refractivity contribution in [3.8, 4) is 11.5 Å². The number of aryl methyl sites for hydroxylation is 1. The minimum Gasteiger partial charge on any atom is -0.493 e.